The lowest BCUT2D eigenvalue weighted by molar-refractivity contribution is -0.323. The first-order valence-electron chi connectivity index (χ1n) is 6.90. The summed E-state index contributed by atoms with van der Waals surface area (Å²) in [4.78, 5) is 29.5. The van der Waals surface area contributed by atoms with E-state index in [-0.39, 0.29) is 11.1 Å². The van der Waals surface area contributed by atoms with Gasteiger partial charge in [0.1, 0.15) is 18.3 Å². The van der Waals surface area contributed by atoms with Crippen molar-refractivity contribution in [2.45, 2.75) is 30.7 Å². The van der Waals surface area contributed by atoms with Gasteiger partial charge in [0.15, 0.2) is 12.4 Å². The minimum Gasteiger partial charge on any atom is -0.394 e. The lowest BCUT2D eigenvalue weighted by Crippen LogP contribution is -2.61. The van der Waals surface area contributed by atoms with Crippen LogP contribution in [0.2, 0.25) is 0 Å². The third-order valence-corrected chi connectivity index (χ3v) is 3.83. The third kappa shape index (κ3) is 2.53. The van der Waals surface area contributed by atoms with Crippen LogP contribution in [-0.2, 0) is 9.57 Å². The zero-order valence-corrected chi connectivity index (χ0v) is 11.8. The Morgan fingerprint density at radius 3 is 2.13 bits per heavy atom. The van der Waals surface area contributed by atoms with Gasteiger partial charge in [0.2, 0.25) is 0 Å². The van der Waals surface area contributed by atoms with Gasteiger partial charge in [0.05, 0.1) is 17.7 Å². The number of hydroxylamine groups is 2. The molecule has 0 radical (unpaired) electrons. The highest BCUT2D eigenvalue weighted by atomic mass is 16.7. The molecule has 2 aliphatic rings. The summed E-state index contributed by atoms with van der Waals surface area (Å²) in [6.45, 7) is -0.630. The predicted octanol–water partition coefficient (Wildman–Crippen LogP) is -1.99. The molecule has 0 aliphatic carbocycles. The van der Waals surface area contributed by atoms with Gasteiger partial charge in [-0.25, -0.2) is 0 Å². The molecule has 9 nitrogen and oxygen atoms in total. The number of aliphatic hydroxyl groups is 4. The zero-order valence-electron chi connectivity index (χ0n) is 11.8. The maximum Gasteiger partial charge on any atom is 0.285 e. The first-order valence-corrected chi connectivity index (χ1v) is 6.90. The Labute approximate surface area is 130 Å². The molecule has 0 unspecified atom stereocenters. The largest absolute Gasteiger partial charge is 0.394 e. The average Bonchev–Trinajstić information content (AvgIpc) is 2.79. The Morgan fingerprint density at radius 2 is 1.61 bits per heavy atom. The van der Waals surface area contributed by atoms with Gasteiger partial charge in [-0.15, -0.1) is 5.06 Å². The van der Waals surface area contributed by atoms with E-state index in [9.17, 15) is 24.9 Å². The highest BCUT2D eigenvalue weighted by Gasteiger charge is 2.48. The van der Waals surface area contributed by atoms with Crippen molar-refractivity contribution in [2.75, 3.05) is 6.61 Å². The Balaban J connectivity index is 1.80. The van der Waals surface area contributed by atoms with Crippen molar-refractivity contribution >= 4 is 11.8 Å². The van der Waals surface area contributed by atoms with Crippen molar-refractivity contribution in [3.05, 3.63) is 35.4 Å². The molecule has 1 saturated heterocycles. The van der Waals surface area contributed by atoms with E-state index >= 15 is 0 Å². The molecule has 5 atom stereocenters. The summed E-state index contributed by atoms with van der Waals surface area (Å²) in [5.41, 5.74) is 0.263. The Morgan fingerprint density at radius 1 is 1.04 bits per heavy atom. The molecule has 0 saturated carbocycles. The van der Waals surface area contributed by atoms with E-state index < -0.39 is 49.1 Å². The quantitative estimate of drug-likeness (QED) is 0.469. The number of fused-ring (bicyclic) bond motifs is 1. The Hall–Kier alpha value is -1.88. The Kier molecular flexibility index (Phi) is 4.15. The van der Waals surface area contributed by atoms with Gasteiger partial charge in [-0.1, -0.05) is 12.1 Å². The van der Waals surface area contributed by atoms with Crippen LogP contribution in [0.4, 0.5) is 0 Å². The second-order valence-electron chi connectivity index (χ2n) is 5.25. The molecule has 23 heavy (non-hydrogen) atoms. The molecule has 1 aromatic rings. The summed E-state index contributed by atoms with van der Waals surface area (Å²) in [6.07, 6.45) is -7.74. The van der Waals surface area contributed by atoms with Crippen molar-refractivity contribution in [3.63, 3.8) is 0 Å². The van der Waals surface area contributed by atoms with Gasteiger partial charge in [-0.2, -0.15) is 0 Å². The van der Waals surface area contributed by atoms with Crippen LogP contribution < -0.4 is 0 Å². The predicted molar refractivity (Wildman–Crippen MR) is 71.8 cm³/mol. The first-order chi connectivity index (χ1) is 11.0. The van der Waals surface area contributed by atoms with Crippen LogP contribution in [0.25, 0.3) is 0 Å². The van der Waals surface area contributed by atoms with E-state index in [0.717, 1.165) is 0 Å². The van der Waals surface area contributed by atoms with Crippen molar-refractivity contribution in [1.82, 2.24) is 5.06 Å². The zero-order chi connectivity index (χ0) is 16.7. The summed E-state index contributed by atoms with van der Waals surface area (Å²) in [5.74, 6) is -1.49. The molecule has 1 fully saturated rings. The van der Waals surface area contributed by atoms with Crippen LogP contribution >= 0.6 is 0 Å². The van der Waals surface area contributed by atoms with Crippen molar-refractivity contribution in [1.29, 1.82) is 0 Å². The minimum atomic E-state index is -1.74. The van der Waals surface area contributed by atoms with Crippen molar-refractivity contribution < 1.29 is 39.6 Å². The number of aliphatic hydroxyl groups excluding tert-OH is 4. The Bertz CT molecular complexity index is 600. The second kappa shape index (κ2) is 5.96. The SMILES string of the molecule is O=C1c2ccccc2C(=O)N1O[C@@H]1[C@@H](O)[C@H](O)[C@@H](CO)O[C@H]1O. The average molecular weight is 325 g/mol. The third-order valence-electron chi connectivity index (χ3n) is 3.83. The number of ether oxygens (including phenoxy) is 1. The van der Waals surface area contributed by atoms with E-state index in [1.54, 1.807) is 12.1 Å². The molecule has 124 valence electrons. The smallest absolute Gasteiger partial charge is 0.285 e. The van der Waals surface area contributed by atoms with E-state index in [0.29, 0.717) is 5.06 Å². The van der Waals surface area contributed by atoms with Gasteiger partial charge >= 0.3 is 0 Å². The fourth-order valence-corrected chi connectivity index (χ4v) is 2.57. The molecule has 4 N–H and O–H groups in total. The fraction of sp³-hybridized carbons (Fsp3) is 0.429. The topological polar surface area (TPSA) is 137 Å². The molecular weight excluding hydrogens is 310 g/mol. The summed E-state index contributed by atoms with van der Waals surface area (Å²) in [7, 11) is 0. The van der Waals surface area contributed by atoms with Crippen LogP contribution in [0.5, 0.6) is 0 Å². The van der Waals surface area contributed by atoms with Gasteiger partial charge in [0, 0.05) is 0 Å². The van der Waals surface area contributed by atoms with Crippen molar-refractivity contribution in [2.24, 2.45) is 0 Å². The molecule has 0 bridgehead atoms. The number of carbonyl (C=O) groups is 2. The number of benzene rings is 1. The van der Waals surface area contributed by atoms with Crippen molar-refractivity contribution in [3.8, 4) is 0 Å². The summed E-state index contributed by atoms with van der Waals surface area (Å²) >= 11 is 0. The van der Waals surface area contributed by atoms with Crippen LogP contribution in [0.3, 0.4) is 0 Å². The van der Waals surface area contributed by atoms with Gasteiger partial charge < -0.3 is 25.2 Å². The number of imide groups is 1. The number of carbonyl (C=O) groups excluding carboxylic acids is 2. The number of nitrogens with zero attached hydrogens (tertiary/aromatic N) is 1. The van der Waals surface area contributed by atoms with Crippen LogP contribution in [0.1, 0.15) is 20.7 Å². The molecule has 9 heteroatoms. The summed E-state index contributed by atoms with van der Waals surface area (Å²) < 4.78 is 4.91. The molecule has 1 aromatic carbocycles. The molecule has 2 amide bonds. The lowest BCUT2D eigenvalue weighted by atomic mass is 9.99. The van der Waals surface area contributed by atoms with Gasteiger partial charge in [-0.3, -0.25) is 14.4 Å². The van der Waals surface area contributed by atoms with Crippen LogP contribution in [0.15, 0.2) is 24.3 Å². The first kappa shape index (κ1) is 16.0. The van der Waals surface area contributed by atoms with Gasteiger partial charge in [-0.05, 0) is 12.1 Å². The van der Waals surface area contributed by atoms with E-state index in [1.807, 2.05) is 0 Å². The molecule has 2 heterocycles. The number of hydrogen-bond acceptors (Lipinski definition) is 8. The molecule has 0 spiro atoms. The normalized spacial score (nSPS) is 33.9. The standard InChI is InChI=1S/C14H15NO8/c16-5-8-9(17)10(18)11(14(21)22-8)23-15-12(19)6-3-1-2-4-7(6)13(15)20/h1-4,8-11,14,16-18,21H,5H2/t8-,9-,10+,11-,14-/m1/s1. The van der Waals surface area contributed by atoms with E-state index in [2.05, 4.69) is 0 Å². The number of amides is 2. The van der Waals surface area contributed by atoms with Crippen LogP contribution in [0, 0.1) is 0 Å². The van der Waals surface area contributed by atoms with E-state index in [4.69, 9.17) is 14.7 Å². The van der Waals surface area contributed by atoms with E-state index in [1.165, 1.54) is 12.1 Å². The second-order valence-corrected chi connectivity index (χ2v) is 5.25. The minimum absolute atomic E-state index is 0.131. The number of rotatable bonds is 3. The molecular formula is C14H15NO8. The highest BCUT2D eigenvalue weighted by molar-refractivity contribution is 6.20. The maximum atomic E-state index is 12.2. The maximum absolute atomic E-state index is 12.2. The van der Waals surface area contributed by atoms with Gasteiger partial charge in [0.25, 0.3) is 11.8 Å². The molecule has 0 aromatic heterocycles. The van der Waals surface area contributed by atoms with Crippen LogP contribution in [-0.4, -0.2) is 74.6 Å². The fourth-order valence-electron chi connectivity index (χ4n) is 2.57. The monoisotopic (exact) mass is 325 g/mol. The molecule has 2 aliphatic heterocycles. The summed E-state index contributed by atoms with van der Waals surface area (Å²) in [5, 5.41) is 39.0. The molecule has 3 rings (SSSR count). The summed E-state index contributed by atoms with van der Waals surface area (Å²) in [6, 6.07) is 6.05. The lowest BCUT2D eigenvalue weighted by Gasteiger charge is -2.40. The number of hydrogen-bond donors (Lipinski definition) is 4. The highest BCUT2D eigenvalue weighted by Crippen LogP contribution is 2.28.